The smallest absolute Gasteiger partial charge is 0.176 e. The van der Waals surface area contributed by atoms with E-state index in [4.69, 9.17) is 5.11 Å². The molecule has 0 atom stereocenters. The average Bonchev–Trinajstić information content (AvgIpc) is 2.70. The van der Waals surface area contributed by atoms with Gasteiger partial charge in [0.15, 0.2) is 5.43 Å². The zero-order chi connectivity index (χ0) is 18.2. The second kappa shape index (κ2) is 10.2. The normalized spacial score (nSPS) is 9.48. The van der Waals surface area contributed by atoms with E-state index < -0.39 is 0 Å². The standard InChI is InChI=1S/C15H11N3O.C6H6O.Pt/c19-11-9-14(12-5-1-3-7-16-12)18-15(10-11)13-6-2-4-8-17-13;7-6-4-2-1-3-5-6;/h1-10H,(H,18,19);1-5,7H;/p-1. The molecule has 4 rings (SSSR count). The van der Waals surface area contributed by atoms with Crippen LogP contribution in [0.1, 0.15) is 0 Å². The van der Waals surface area contributed by atoms with E-state index in [9.17, 15) is 4.79 Å². The minimum atomic E-state index is -0.101. The molecule has 0 saturated heterocycles. The topological polar surface area (TPSA) is 77.2 Å². The maximum absolute atomic E-state index is 11.8. The van der Waals surface area contributed by atoms with E-state index in [-0.39, 0.29) is 26.5 Å². The van der Waals surface area contributed by atoms with E-state index in [0.717, 1.165) is 0 Å². The maximum atomic E-state index is 11.8. The van der Waals surface area contributed by atoms with Gasteiger partial charge in [0, 0.05) is 44.8 Å². The molecule has 5 nitrogen and oxygen atoms in total. The van der Waals surface area contributed by atoms with Crippen molar-refractivity contribution in [3.8, 4) is 28.5 Å². The fourth-order valence-electron chi connectivity index (χ4n) is 2.22. The van der Waals surface area contributed by atoms with Gasteiger partial charge in [-0.2, -0.15) is 0 Å². The van der Waals surface area contributed by atoms with Crippen LogP contribution in [0.3, 0.4) is 0 Å². The van der Waals surface area contributed by atoms with Gasteiger partial charge >= 0.3 is 0 Å². The van der Waals surface area contributed by atoms with Crippen molar-refractivity contribution in [2.75, 3.05) is 0 Å². The van der Waals surface area contributed by atoms with Gasteiger partial charge in [-0.25, -0.2) is 0 Å². The van der Waals surface area contributed by atoms with Crippen molar-refractivity contribution in [2.24, 2.45) is 0 Å². The van der Waals surface area contributed by atoms with Crippen LogP contribution < -0.4 is 10.4 Å². The summed E-state index contributed by atoms with van der Waals surface area (Å²) < 4.78 is 0. The van der Waals surface area contributed by atoms with Crippen LogP contribution in [0.25, 0.3) is 22.8 Å². The fraction of sp³-hybridized carbons (Fsp3) is 0. The molecule has 3 aromatic heterocycles. The van der Waals surface area contributed by atoms with E-state index in [1.807, 2.05) is 42.5 Å². The molecular formula is C21H16N3O2Pt-. The number of aromatic hydroxyl groups is 1. The summed E-state index contributed by atoms with van der Waals surface area (Å²) in [4.78, 5) is 24.6. The van der Waals surface area contributed by atoms with Gasteiger partial charge in [0.05, 0.1) is 0 Å². The van der Waals surface area contributed by atoms with Gasteiger partial charge in [-0.15, -0.1) is 11.4 Å². The Kier molecular flexibility index (Phi) is 7.65. The molecule has 0 saturated carbocycles. The van der Waals surface area contributed by atoms with Gasteiger partial charge in [0.2, 0.25) is 0 Å². The summed E-state index contributed by atoms with van der Waals surface area (Å²) in [6, 6.07) is 22.7. The van der Waals surface area contributed by atoms with Crippen LogP contribution in [0.15, 0.2) is 96.1 Å². The first-order chi connectivity index (χ1) is 12.7. The number of aromatic nitrogens is 3. The molecule has 3 heterocycles. The van der Waals surface area contributed by atoms with Crippen molar-refractivity contribution < 1.29 is 26.2 Å². The molecule has 6 heteroatoms. The van der Waals surface area contributed by atoms with Crippen molar-refractivity contribution in [3.63, 3.8) is 0 Å². The molecule has 0 radical (unpaired) electrons. The largest absolute Gasteiger partial charge is 0.654 e. The summed E-state index contributed by atoms with van der Waals surface area (Å²) in [6.45, 7) is 0. The van der Waals surface area contributed by atoms with E-state index in [0.29, 0.717) is 28.5 Å². The van der Waals surface area contributed by atoms with Crippen LogP contribution in [-0.2, 0) is 21.1 Å². The molecule has 1 N–H and O–H groups in total. The summed E-state index contributed by atoms with van der Waals surface area (Å²) in [5.41, 5.74) is 2.38. The Morgan fingerprint density at radius 3 is 1.56 bits per heavy atom. The molecule has 27 heavy (non-hydrogen) atoms. The summed E-state index contributed by atoms with van der Waals surface area (Å²) in [5.74, 6) is 0.322. The van der Waals surface area contributed by atoms with Crippen molar-refractivity contribution >= 4 is 0 Å². The quantitative estimate of drug-likeness (QED) is 0.424. The zero-order valence-electron chi connectivity index (χ0n) is 14.2. The SMILES string of the molecule is O=c1cc(-c2ccccn2)[n-]c(-c2ccccn2)c1.Oc1ccccc1.[Pt]. The van der Waals surface area contributed by atoms with Gasteiger partial charge < -0.3 is 10.1 Å². The van der Waals surface area contributed by atoms with E-state index in [1.165, 1.54) is 12.1 Å². The number of pyridine rings is 3. The monoisotopic (exact) mass is 537 g/mol. The number of para-hydroxylation sites is 1. The minimum Gasteiger partial charge on any atom is -0.654 e. The number of rotatable bonds is 2. The molecule has 0 aliphatic rings. The number of benzene rings is 1. The van der Waals surface area contributed by atoms with Crippen LogP contribution in [0, 0.1) is 0 Å². The van der Waals surface area contributed by atoms with Crippen LogP contribution in [0.4, 0.5) is 0 Å². The van der Waals surface area contributed by atoms with Gasteiger partial charge in [-0.05, 0) is 48.5 Å². The predicted octanol–water partition coefficient (Wildman–Crippen LogP) is 3.52. The van der Waals surface area contributed by atoms with E-state index >= 15 is 0 Å². The first-order valence-electron chi connectivity index (χ1n) is 7.98. The first kappa shape index (κ1) is 20.3. The molecule has 0 spiro atoms. The van der Waals surface area contributed by atoms with Crippen LogP contribution in [0.5, 0.6) is 5.75 Å². The van der Waals surface area contributed by atoms with E-state index in [2.05, 4.69) is 15.0 Å². The van der Waals surface area contributed by atoms with Crippen LogP contribution in [0.2, 0.25) is 0 Å². The average molecular weight is 537 g/mol. The van der Waals surface area contributed by atoms with Gasteiger partial charge in [-0.1, -0.05) is 30.3 Å². The third-order valence-electron chi connectivity index (χ3n) is 3.41. The molecule has 4 aromatic rings. The third-order valence-corrected chi connectivity index (χ3v) is 3.41. The summed E-state index contributed by atoms with van der Waals surface area (Å²) >= 11 is 0. The Morgan fingerprint density at radius 1 is 0.704 bits per heavy atom. The number of nitrogens with zero attached hydrogens (tertiary/aromatic N) is 3. The molecule has 0 fully saturated rings. The number of hydrogen-bond donors (Lipinski definition) is 1. The molecule has 0 amide bonds. The van der Waals surface area contributed by atoms with Crippen molar-refractivity contribution in [3.05, 3.63) is 101 Å². The number of hydrogen-bond acceptors (Lipinski definition) is 4. The molecule has 1 aromatic carbocycles. The van der Waals surface area contributed by atoms with Crippen LogP contribution in [-0.4, -0.2) is 15.1 Å². The Morgan fingerprint density at radius 2 is 1.19 bits per heavy atom. The predicted molar refractivity (Wildman–Crippen MR) is 101 cm³/mol. The van der Waals surface area contributed by atoms with Crippen molar-refractivity contribution in [1.82, 2.24) is 15.0 Å². The molecule has 0 aliphatic carbocycles. The molecule has 138 valence electrons. The second-order valence-corrected chi connectivity index (χ2v) is 5.34. The van der Waals surface area contributed by atoms with Gasteiger partial charge in [0.1, 0.15) is 5.75 Å². The summed E-state index contributed by atoms with van der Waals surface area (Å²) in [5, 5.41) is 8.63. The Labute approximate surface area is 171 Å². The Hall–Kier alpha value is -3.04. The summed E-state index contributed by atoms with van der Waals surface area (Å²) in [7, 11) is 0. The van der Waals surface area contributed by atoms with Crippen LogP contribution >= 0.6 is 0 Å². The molecule has 0 aliphatic heterocycles. The minimum absolute atomic E-state index is 0. The first-order valence-corrected chi connectivity index (χ1v) is 7.98. The van der Waals surface area contributed by atoms with Gasteiger partial charge in [-0.3, -0.25) is 14.8 Å². The zero-order valence-corrected chi connectivity index (χ0v) is 16.4. The Balaban J connectivity index is 0.000000278. The van der Waals surface area contributed by atoms with Gasteiger partial charge in [0.25, 0.3) is 0 Å². The number of phenols is 1. The fourth-order valence-corrected chi connectivity index (χ4v) is 2.22. The Bertz CT molecular complexity index is 947. The summed E-state index contributed by atoms with van der Waals surface area (Å²) in [6.07, 6.45) is 3.35. The number of phenolic OH excluding ortho intramolecular Hbond substituents is 1. The van der Waals surface area contributed by atoms with E-state index in [1.54, 1.807) is 36.7 Å². The third kappa shape index (κ3) is 6.01. The molecular weight excluding hydrogens is 521 g/mol. The molecule has 0 bridgehead atoms. The second-order valence-electron chi connectivity index (χ2n) is 5.34. The molecule has 0 unspecified atom stereocenters. The van der Waals surface area contributed by atoms with Crippen molar-refractivity contribution in [2.45, 2.75) is 0 Å². The van der Waals surface area contributed by atoms with Crippen molar-refractivity contribution in [1.29, 1.82) is 0 Å². The maximum Gasteiger partial charge on any atom is 0.176 e.